The van der Waals surface area contributed by atoms with Gasteiger partial charge in [-0.05, 0) is 24.3 Å². The number of para-hydroxylation sites is 2. The molecule has 3 nitrogen and oxygen atoms in total. The van der Waals surface area contributed by atoms with E-state index in [0.29, 0.717) is 5.75 Å². The van der Waals surface area contributed by atoms with E-state index in [0.717, 1.165) is 15.2 Å². The van der Waals surface area contributed by atoms with Crippen LogP contribution in [0.2, 0.25) is 0 Å². The highest BCUT2D eigenvalue weighted by atomic mass is 32.2. The lowest BCUT2D eigenvalue weighted by atomic mass is 10.3. The summed E-state index contributed by atoms with van der Waals surface area (Å²) in [6.07, 6.45) is 0. The normalized spacial score (nSPS) is 10.8. The van der Waals surface area contributed by atoms with Crippen LogP contribution in [-0.2, 0) is 10.5 Å². The lowest BCUT2D eigenvalue weighted by Gasteiger charge is -2.05. The van der Waals surface area contributed by atoms with Crippen molar-refractivity contribution in [1.29, 1.82) is 0 Å². The zero-order valence-electron chi connectivity index (χ0n) is 11.6. The molecule has 1 N–H and O–H groups in total. The Morgan fingerprint density at radius 1 is 1.18 bits per heavy atom. The Balaban J connectivity index is 1.52. The first kappa shape index (κ1) is 15.0. The maximum absolute atomic E-state index is 13.4. The predicted octanol–water partition coefficient (Wildman–Crippen LogP) is 4.31. The second-order valence-corrected chi connectivity index (χ2v) is 6.70. The summed E-state index contributed by atoms with van der Waals surface area (Å²) in [6, 6.07) is 14.1. The number of nitrogens with one attached hydrogen (secondary N) is 1. The monoisotopic (exact) mass is 332 g/mol. The molecular formula is C16H13FN2OS2. The summed E-state index contributed by atoms with van der Waals surface area (Å²) in [5.74, 6) is 0.303. The summed E-state index contributed by atoms with van der Waals surface area (Å²) in [5.41, 5.74) is 1.20. The van der Waals surface area contributed by atoms with Gasteiger partial charge in [-0.2, -0.15) is 0 Å². The van der Waals surface area contributed by atoms with Gasteiger partial charge in [0.25, 0.3) is 0 Å². The predicted molar refractivity (Wildman–Crippen MR) is 90.8 cm³/mol. The Morgan fingerprint density at radius 2 is 1.95 bits per heavy atom. The van der Waals surface area contributed by atoms with Crippen LogP contribution < -0.4 is 5.32 Å². The zero-order chi connectivity index (χ0) is 15.4. The van der Waals surface area contributed by atoms with Crippen LogP contribution >= 0.6 is 23.1 Å². The van der Waals surface area contributed by atoms with Crippen LogP contribution in [0.1, 0.15) is 5.01 Å². The first-order chi connectivity index (χ1) is 10.7. The Morgan fingerprint density at radius 3 is 2.77 bits per heavy atom. The van der Waals surface area contributed by atoms with Gasteiger partial charge in [0.1, 0.15) is 10.8 Å². The van der Waals surface area contributed by atoms with Crippen molar-refractivity contribution in [2.24, 2.45) is 0 Å². The first-order valence-electron chi connectivity index (χ1n) is 6.69. The number of thiazole rings is 1. The van der Waals surface area contributed by atoms with Gasteiger partial charge in [0.05, 0.1) is 21.7 Å². The quantitative estimate of drug-likeness (QED) is 0.757. The lowest BCUT2D eigenvalue weighted by Crippen LogP contribution is -2.15. The van der Waals surface area contributed by atoms with E-state index in [4.69, 9.17) is 0 Å². The van der Waals surface area contributed by atoms with E-state index in [1.54, 1.807) is 29.5 Å². The number of hydrogen-bond donors (Lipinski definition) is 1. The fourth-order valence-electron chi connectivity index (χ4n) is 1.96. The second kappa shape index (κ2) is 6.89. The standard InChI is InChI=1S/C16H13FN2OS2/c17-11-5-1-2-6-12(11)18-15(20)9-21-10-16-19-13-7-3-4-8-14(13)22-16/h1-8H,9-10H2,(H,18,20). The van der Waals surface area contributed by atoms with Crippen molar-refractivity contribution in [3.63, 3.8) is 0 Å². The Labute approximate surface area is 135 Å². The Hall–Kier alpha value is -1.92. The van der Waals surface area contributed by atoms with E-state index in [1.807, 2.05) is 24.3 Å². The molecule has 0 radical (unpaired) electrons. The maximum Gasteiger partial charge on any atom is 0.234 e. The number of carbonyl (C=O) groups is 1. The van der Waals surface area contributed by atoms with Gasteiger partial charge in [-0.15, -0.1) is 23.1 Å². The number of thioether (sulfide) groups is 1. The van der Waals surface area contributed by atoms with Crippen LogP contribution in [0, 0.1) is 5.82 Å². The minimum Gasteiger partial charge on any atom is -0.323 e. The number of nitrogens with zero attached hydrogens (tertiary/aromatic N) is 1. The molecule has 2 aromatic carbocycles. The van der Waals surface area contributed by atoms with Crippen LogP contribution in [0.25, 0.3) is 10.2 Å². The molecule has 0 atom stereocenters. The Bertz CT molecular complexity index is 770. The molecule has 3 aromatic rings. The van der Waals surface area contributed by atoms with E-state index in [2.05, 4.69) is 10.3 Å². The number of carbonyl (C=O) groups excluding carboxylic acids is 1. The molecule has 0 aliphatic rings. The highest BCUT2D eigenvalue weighted by Gasteiger charge is 2.08. The fourth-order valence-corrected chi connectivity index (χ4v) is 3.81. The average Bonchev–Trinajstić information content (AvgIpc) is 2.92. The van der Waals surface area contributed by atoms with E-state index in [1.165, 1.54) is 17.8 Å². The van der Waals surface area contributed by atoms with Gasteiger partial charge in [0.2, 0.25) is 5.91 Å². The van der Waals surface area contributed by atoms with E-state index in [-0.39, 0.29) is 17.3 Å². The summed E-state index contributed by atoms with van der Waals surface area (Å²) in [7, 11) is 0. The number of halogens is 1. The molecule has 0 unspecified atom stereocenters. The number of aromatic nitrogens is 1. The van der Waals surface area contributed by atoms with Gasteiger partial charge < -0.3 is 5.32 Å². The third-order valence-electron chi connectivity index (χ3n) is 2.94. The molecule has 0 saturated carbocycles. The molecule has 3 rings (SSSR count). The third-order valence-corrected chi connectivity index (χ3v) is 5.11. The highest BCUT2D eigenvalue weighted by molar-refractivity contribution is 7.99. The average molecular weight is 332 g/mol. The van der Waals surface area contributed by atoms with Crippen molar-refractivity contribution in [3.05, 3.63) is 59.4 Å². The van der Waals surface area contributed by atoms with Crippen molar-refractivity contribution < 1.29 is 9.18 Å². The second-order valence-electron chi connectivity index (χ2n) is 4.60. The molecule has 0 fully saturated rings. The SMILES string of the molecule is O=C(CSCc1nc2ccccc2s1)Nc1ccccc1F. The van der Waals surface area contributed by atoms with E-state index >= 15 is 0 Å². The van der Waals surface area contributed by atoms with E-state index in [9.17, 15) is 9.18 Å². The molecule has 0 bridgehead atoms. The molecule has 6 heteroatoms. The van der Waals surface area contributed by atoms with Gasteiger partial charge in [-0.1, -0.05) is 24.3 Å². The molecule has 112 valence electrons. The minimum atomic E-state index is -0.424. The number of rotatable bonds is 5. The van der Waals surface area contributed by atoms with Gasteiger partial charge in [-0.3, -0.25) is 4.79 Å². The molecule has 0 spiro atoms. The van der Waals surface area contributed by atoms with Crippen LogP contribution in [0.3, 0.4) is 0 Å². The third kappa shape index (κ3) is 3.64. The largest absolute Gasteiger partial charge is 0.323 e. The van der Waals surface area contributed by atoms with Crippen molar-refractivity contribution in [2.75, 3.05) is 11.1 Å². The molecule has 0 saturated heterocycles. The molecule has 22 heavy (non-hydrogen) atoms. The van der Waals surface area contributed by atoms with Crippen LogP contribution in [-0.4, -0.2) is 16.6 Å². The number of amides is 1. The fraction of sp³-hybridized carbons (Fsp3) is 0.125. The summed E-state index contributed by atoms with van der Waals surface area (Å²) in [5, 5.41) is 3.56. The number of hydrogen-bond acceptors (Lipinski definition) is 4. The number of anilines is 1. The number of fused-ring (bicyclic) bond motifs is 1. The number of benzene rings is 2. The first-order valence-corrected chi connectivity index (χ1v) is 8.66. The minimum absolute atomic E-state index is 0.212. The van der Waals surface area contributed by atoms with Crippen molar-refractivity contribution in [3.8, 4) is 0 Å². The van der Waals surface area contributed by atoms with Crippen LogP contribution in [0.15, 0.2) is 48.5 Å². The molecule has 1 amide bonds. The molecular weight excluding hydrogens is 319 g/mol. The molecule has 0 aliphatic carbocycles. The molecule has 0 aliphatic heterocycles. The van der Waals surface area contributed by atoms with Crippen LogP contribution in [0.4, 0.5) is 10.1 Å². The maximum atomic E-state index is 13.4. The highest BCUT2D eigenvalue weighted by Crippen LogP contribution is 2.24. The smallest absolute Gasteiger partial charge is 0.234 e. The van der Waals surface area contributed by atoms with Crippen LogP contribution in [0.5, 0.6) is 0 Å². The van der Waals surface area contributed by atoms with E-state index < -0.39 is 5.82 Å². The zero-order valence-corrected chi connectivity index (χ0v) is 13.2. The topological polar surface area (TPSA) is 42.0 Å². The van der Waals surface area contributed by atoms with Gasteiger partial charge >= 0.3 is 0 Å². The summed E-state index contributed by atoms with van der Waals surface area (Å²) < 4.78 is 14.6. The van der Waals surface area contributed by atoms with Crippen molar-refractivity contribution in [2.45, 2.75) is 5.75 Å². The lowest BCUT2D eigenvalue weighted by molar-refractivity contribution is -0.113. The Kier molecular flexibility index (Phi) is 4.70. The summed E-state index contributed by atoms with van der Waals surface area (Å²) >= 11 is 3.10. The molecule has 1 aromatic heterocycles. The molecule has 1 heterocycles. The van der Waals surface area contributed by atoms with Crippen molar-refractivity contribution in [1.82, 2.24) is 4.98 Å². The van der Waals surface area contributed by atoms with Gasteiger partial charge in [-0.25, -0.2) is 9.37 Å². The van der Waals surface area contributed by atoms with Gasteiger partial charge in [0, 0.05) is 5.75 Å². The summed E-state index contributed by atoms with van der Waals surface area (Å²) in [6.45, 7) is 0. The summed E-state index contributed by atoms with van der Waals surface area (Å²) in [4.78, 5) is 16.3. The van der Waals surface area contributed by atoms with Crippen molar-refractivity contribution >= 4 is 44.9 Å². The van der Waals surface area contributed by atoms with Gasteiger partial charge in [0.15, 0.2) is 0 Å².